The van der Waals surface area contributed by atoms with E-state index in [1.54, 1.807) is 7.11 Å². The summed E-state index contributed by atoms with van der Waals surface area (Å²) in [6.07, 6.45) is 1.85. The van der Waals surface area contributed by atoms with Crippen molar-refractivity contribution in [2.75, 3.05) is 13.7 Å². The van der Waals surface area contributed by atoms with Crippen molar-refractivity contribution in [3.63, 3.8) is 0 Å². The smallest absolute Gasteiger partial charge is 0.247 e. The van der Waals surface area contributed by atoms with E-state index in [1.807, 2.05) is 6.07 Å². The first-order chi connectivity index (χ1) is 8.70. The SMILES string of the molecule is COc1ccc2c(c1)CC(C)C2=C1CCNC1=O. The lowest BCUT2D eigenvalue weighted by Gasteiger charge is -2.09. The molecule has 0 aromatic heterocycles. The van der Waals surface area contributed by atoms with Gasteiger partial charge in [-0.2, -0.15) is 0 Å². The number of amides is 1. The first-order valence-electron chi connectivity index (χ1n) is 6.39. The Morgan fingerprint density at radius 2 is 2.22 bits per heavy atom. The highest BCUT2D eigenvalue weighted by molar-refractivity contribution is 6.04. The molecule has 1 amide bonds. The van der Waals surface area contributed by atoms with E-state index in [-0.39, 0.29) is 5.91 Å². The molecular formula is C15H17NO2. The summed E-state index contributed by atoms with van der Waals surface area (Å²) in [6, 6.07) is 6.15. The Hall–Kier alpha value is -1.77. The molecule has 0 radical (unpaired) electrons. The quantitative estimate of drug-likeness (QED) is 0.768. The number of benzene rings is 1. The summed E-state index contributed by atoms with van der Waals surface area (Å²) >= 11 is 0. The summed E-state index contributed by atoms with van der Waals surface area (Å²) in [6.45, 7) is 2.97. The Morgan fingerprint density at radius 3 is 2.89 bits per heavy atom. The lowest BCUT2D eigenvalue weighted by Crippen LogP contribution is -2.15. The monoisotopic (exact) mass is 243 g/mol. The second-order valence-electron chi connectivity index (χ2n) is 5.03. The van der Waals surface area contributed by atoms with E-state index in [0.717, 1.165) is 30.7 Å². The first kappa shape index (κ1) is 11.3. The number of carbonyl (C=O) groups excluding carboxylic acids is 1. The Bertz CT molecular complexity index is 545. The molecule has 1 aromatic rings. The van der Waals surface area contributed by atoms with Gasteiger partial charge in [0.05, 0.1) is 7.11 Å². The number of rotatable bonds is 1. The van der Waals surface area contributed by atoms with Gasteiger partial charge < -0.3 is 10.1 Å². The highest BCUT2D eigenvalue weighted by Crippen LogP contribution is 2.41. The van der Waals surface area contributed by atoms with E-state index >= 15 is 0 Å². The van der Waals surface area contributed by atoms with Crippen LogP contribution in [-0.2, 0) is 11.2 Å². The predicted molar refractivity (Wildman–Crippen MR) is 70.4 cm³/mol. The Balaban J connectivity index is 2.12. The van der Waals surface area contributed by atoms with Gasteiger partial charge in [-0.25, -0.2) is 0 Å². The zero-order valence-corrected chi connectivity index (χ0v) is 10.7. The fraction of sp³-hybridized carbons (Fsp3) is 0.400. The average molecular weight is 243 g/mol. The van der Waals surface area contributed by atoms with E-state index in [9.17, 15) is 4.79 Å². The van der Waals surface area contributed by atoms with Gasteiger partial charge in [-0.05, 0) is 47.6 Å². The summed E-state index contributed by atoms with van der Waals surface area (Å²) in [4.78, 5) is 11.8. The number of methoxy groups -OCH3 is 1. The molecule has 1 N–H and O–H groups in total. The van der Waals surface area contributed by atoms with Gasteiger partial charge in [-0.3, -0.25) is 4.79 Å². The summed E-state index contributed by atoms with van der Waals surface area (Å²) in [7, 11) is 1.68. The highest BCUT2D eigenvalue weighted by Gasteiger charge is 2.30. The van der Waals surface area contributed by atoms with Crippen LogP contribution in [0, 0.1) is 5.92 Å². The molecule has 3 heteroatoms. The molecule has 3 rings (SSSR count). The first-order valence-corrected chi connectivity index (χ1v) is 6.39. The third-order valence-corrected chi connectivity index (χ3v) is 3.88. The number of hydrogen-bond donors (Lipinski definition) is 1. The third kappa shape index (κ3) is 1.62. The molecule has 1 saturated heterocycles. The molecule has 0 saturated carbocycles. The van der Waals surface area contributed by atoms with Crippen LogP contribution in [0.1, 0.15) is 24.5 Å². The van der Waals surface area contributed by atoms with Crippen LogP contribution in [0.2, 0.25) is 0 Å². The van der Waals surface area contributed by atoms with E-state index in [4.69, 9.17) is 4.74 Å². The van der Waals surface area contributed by atoms with Gasteiger partial charge in [0.2, 0.25) is 5.91 Å². The predicted octanol–water partition coefficient (Wildman–Crippen LogP) is 2.16. The maximum absolute atomic E-state index is 11.8. The summed E-state index contributed by atoms with van der Waals surface area (Å²) in [5.74, 6) is 1.43. The molecule has 1 unspecified atom stereocenters. The lowest BCUT2D eigenvalue weighted by molar-refractivity contribution is -0.116. The molecule has 1 aliphatic carbocycles. The number of carbonyl (C=O) groups is 1. The molecule has 3 nitrogen and oxygen atoms in total. The van der Waals surface area contributed by atoms with E-state index < -0.39 is 0 Å². The molecule has 0 spiro atoms. The fourth-order valence-corrected chi connectivity index (χ4v) is 3.06. The summed E-state index contributed by atoms with van der Waals surface area (Å²) in [5, 5.41) is 2.90. The van der Waals surface area contributed by atoms with Crippen molar-refractivity contribution in [3.8, 4) is 5.75 Å². The minimum absolute atomic E-state index is 0.112. The third-order valence-electron chi connectivity index (χ3n) is 3.88. The van der Waals surface area contributed by atoms with Crippen molar-refractivity contribution in [2.45, 2.75) is 19.8 Å². The summed E-state index contributed by atoms with van der Waals surface area (Å²) < 4.78 is 5.26. The minimum atomic E-state index is 0.112. The van der Waals surface area contributed by atoms with Gasteiger partial charge in [-0.1, -0.05) is 13.0 Å². The second kappa shape index (κ2) is 4.16. The number of nitrogens with one attached hydrogen (secondary N) is 1. The Morgan fingerprint density at radius 1 is 1.39 bits per heavy atom. The molecule has 0 bridgehead atoms. The van der Waals surface area contributed by atoms with Crippen LogP contribution in [0.3, 0.4) is 0 Å². The largest absolute Gasteiger partial charge is 0.497 e. The summed E-state index contributed by atoms with van der Waals surface area (Å²) in [5.41, 5.74) is 4.74. The zero-order valence-electron chi connectivity index (χ0n) is 10.7. The van der Waals surface area contributed by atoms with E-state index in [1.165, 1.54) is 16.7 Å². The normalized spacial score (nSPS) is 26.1. The zero-order chi connectivity index (χ0) is 12.7. The van der Waals surface area contributed by atoms with Crippen LogP contribution in [-0.4, -0.2) is 19.6 Å². The van der Waals surface area contributed by atoms with Crippen molar-refractivity contribution in [1.29, 1.82) is 0 Å². The van der Waals surface area contributed by atoms with Gasteiger partial charge in [0, 0.05) is 12.1 Å². The Labute approximate surface area is 107 Å². The van der Waals surface area contributed by atoms with Crippen LogP contribution in [0.4, 0.5) is 0 Å². The van der Waals surface area contributed by atoms with Gasteiger partial charge in [0.15, 0.2) is 0 Å². The molecule has 1 atom stereocenters. The van der Waals surface area contributed by atoms with Crippen molar-refractivity contribution < 1.29 is 9.53 Å². The lowest BCUT2D eigenvalue weighted by atomic mass is 9.95. The van der Waals surface area contributed by atoms with Crippen molar-refractivity contribution in [3.05, 3.63) is 34.9 Å². The molecule has 1 aromatic carbocycles. The molecule has 18 heavy (non-hydrogen) atoms. The highest BCUT2D eigenvalue weighted by atomic mass is 16.5. The molecular weight excluding hydrogens is 226 g/mol. The topological polar surface area (TPSA) is 38.3 Å². The standard InChI is InChI=1S/C15H17NO2/c1-9-7-10-8-11(18-2)3-4-12(10)14(9)13-5-6-16-15(13)17/h3-4,8-9H,5-7H2,1-2H3,(H,16,17). The van der Waals surface area contributed by atoms with Gasteiger partial charge >= 0.3 is 0 Å². The number of fused-ring (bicyclic) bond motifs is 1. The van der Waals surface area contributed by atoms with Crippen LogP contribution in [0.25, 0.3) is 5.57 Å². The van der Waals surface area contributed by atoms with Crippen LogP contribution in [0.5, 0.6) is 5.75 Å². The fourth-order valence-electron chi connectivity index (χ4n) is 3.06. The molecule has 1 aliphatic heterocycles. The molecule has 1 fully saturated rings. The minimum Gasteiger partial charge on any atom is -0.497 e. The van der Waals surface area contributed by atoms with Crippen LogP contribution >= 0.6 is 0 Å². The number of allylic oxidation sites excluding steroid dienone is 1. The van der Waals surface area contributed by atoms with Gasteiger partial charge in [0.25, 0.3) is 0 Å². The van der Waals surface area contributed by atoms with Crippen molar-refractivity contribution in [1.82, 2.24) is 5.32 Å². The Kier molecular flexibility index (Phi) is 2.62. The molecule has 1 heterocycles. The average Bonchev–Trinajstić information content (AvgIpc) is 2.90. The molecule has 2 aliphatic rings. The maximum Gasteiger partial charge on any atom is 0.247 e. The number of hydrogen-bond acceptors (Lipinski definition) is 2. The van der Waals surface area contributed by atoms with Crippen molar-refractivity contribution in [2.24, 2.45) is 5.92 Å². The van der Waals surface area contributed by atoms with Crippen molar-refractivity contribution >= 4 is 11.5 Å². The van der Waals surface area contributed by atoms with Gasteiger partial charge in [-0.15, -0.1) is 0 Å². The maximum atomic E-state index is 11.8. The van der Waals surface area contributed by atoms with Crippen LogP contribution in [0.15, 0.2) is 23.8 Å². The number of ether oxygens (including phenoxy) is 1. The molecule has 94 valence electrons. The van der Waals surface area contributed by atoms with E-state index in [2.05, 4.69) is 24.4 Å². The van der Waals surface area contributed by atoms with Crippen LogP contribution < -0.4 is 10.1 Å². The van der Waals surface area contributed by atoms with Gasteiger partial charge in [0.1, 0.15) is 5.75 Å². The van der Waals surface area contributed by atoms with E-state index in [0.29, 0.717) is 5.92 Å². The second-order valence-corrected chi connectivity index (χ2v) is 5.03.